The van der Waals surface area contributed by atoms with Crippen molar-refractivity contribution in [2.75, 3.05) is 5.75 Å². The van der Waals surface area contributed by atoms with E-state index < -0.39 is 0 Å². The highest BCUT2D eigenvalue weighted by atomic mass is 32.2. The molecule has 3 rings (SSSR count). The molecule has 6 heteroatoms. The maximum absolute atomic E-state index is 11.6. The van der Waals surface area contributed by atoms with E-state index in [4.69, 9.17) is 0 Å². The maximum Gasteiger partial charge on any atom is 0.214 e. The van der Waals surface area contributed by atoms with Crippen molar-refractivity contribution < 1.29 is 4.79 Å². The Bertz CT molecular complexity index is 550. The molecule has 0 unspecified atom stereocenters. The van der Waals surface area contributed by atoms with Crippen molar-refractivity contribution in [2.24, 2.45) is 5.92 Å². The van der Waals surface area contributed by atoms with E-state index in [0.717, 1.165) is 18.5 Å². The lowest BCUT2D eigenvalue weighted by atomic mass is 10.3. The lowest BCUT2D eigenvalue weighted by Gasteiger charge is -2.02. The van der Waals surface area contributed by atoms with Gasteiger partial charge in [0.2, 0.25) is 5.16 Å². The Morgan fingerprint density at radius 2 is 2.11 bits per heavy atom. The van der Waals surface area contributed by atoms with Crippen LogP contribution in [0.2, 0.25) is 0 Å². The number of rotatable bonds is 5. The summed E-state index contributed by atoms with van der Waals surface area (Å²) in [6.45, 7) is 0. The van der Waals surface area contributed by atoms with Crippen LogP contribution in [0.3, 0.4) is 0 Å². The fourth-order valence-corrected chi connectivity index (χ4v) is 2.52. The highest BCUT2D eigenvalue weighted by Gasteiger charge is 2.29. The highest BCUT2D eigenvalue weighted by molar-refractivity contribution is 7.99. The van der Waals surface area contributed by atoms with Crippen molar-refractivity contribution in [2.45, 2.75) is 18.0 Å². The number of hydrogen-bond acceptors (Lipinski definition) is 5. The van der Waals surface area contributed by atoms with Crippen LogP contribution >= 0.6 is 11.8 Å². The van der Waals surface area contributed by atoms with Crippen molar-refractivity contribution in [3.8, 4) is 5.69 Å². The molecule has 1 aliphatic rings. The molecule has 0 saturated heterocycles. The molecule has 1 aromatic carbocycles. The Hall–Kier alpha value is -1.69. The summed E-state index contributed by atoms with van der Waals surface area (Å²) in [6.07, 6.45) is 2.09. The van der Waals surface area contributed by atoms with E-state index >= 15 is 0 Å². The fourth-order valence-electron chi connectivity index (χ4n) is 1.66. The molecule has 2 aromatic rings. The third kappa shape index (κ3) is 2.43. The highest BCUT2D eigenvalue weighted by Crippen LogP contribution is 2.31. The van der Waals surface area contributed by atoms with Crippen molar-refractivity contribution in [3.63, 3.8) is 0 Å². The molecule has 0 aliphatic heterocycles. The molecule has 1 heterocycles. The van der Waals surface area contributed by atoms with Crippen molar-refractivity contribution in [3.05, 3.63) is 30.3 Å². The molecular formula is C12H12N4OS. The zero-order valence-corrected chi connectivity index (χ0v) is 10.5. The number of carbonyl (C=O) groups excluding carboxylic acids is 1. The van der Waals surface area contributed by atoms with Gasteiger partial charge in [-0.2, -0.15) is 4.68 Å². The van der Waals surface area contributed by atoms with Crippen LogP contribution in [0.1, 0.15) is 12.8 Å². The van der Waals surface area contributed by atoms with Gasteiger partial charge in [-0.25, -0.2) is 0 Å². The Morgan fingerprint density at radius 1 is 1.33 bits per heavy atom. The second kappa shape index (κ2) is 4.89. The van der Waals surface area contributed by atoms with Crippen molar-refractivity contribution in [1.29, 1.82) is 0 Å². The van der Waals surface area contributed by atoms with Crippen LogP contribution in [0.4, 0.5) is 0 Å². The van der Waals surface area contributed by atoms with Crippen LogP contribution in [-0.2, 0) is 4.79 Å². The summed E-state index contributed by atoms with van der Waals surface area (Å²) in [5, 5.41) is 12.2. The normalized spacial score (nSPS) is 14.7. The predicted molar refractivity (Wildman–Crippen MR) is 67.6 cm³/mol. The minimum absolute atomic E-state index is 0.290. The molecule has 0 amide bonds. The molecule has 0 radical (unpaired) electrons. The molecule has 0 bridgehead atoms. The average molecular weight is 260 g/mol. The van der Waals surface area contributed by atoms with Crippen LogP contribution in [0.15, 0.2) is 35.5 Å². The monoisotopic (exact) mass is 260 g/mol. The fraction of sp³-hybridized carbons (Fsp3) is 0.333. The van der Waals surface area contributed by atoms with Gasteiger partial charge in [0.1, 0.15) is 5.78 Å². The minimum Gasteiger partial charge on any atom is -0.298 e. The Labute approximate surface area is 109 Å². The van der Waals surface area contributed by atoms with Crippen LogP contribution in [0, 0.1) is 5.92 Å². The molecule has 0 atom stereocenters. The number of para-hydroxylation sites is 1. The summed E-state index contributed by atoms with van der Waals surface area (Å²) in [5.74, 6) is 1.05. The van der Waals surface area contributed by atoms with Gasteiger partial charge in [-0.1, -0.05) is 30.0 Å². The maximum atomic E-state index is 11.6. The lowest BCUT2D eigenvalue weighted by molar-refractivity contribution is -0.117. The first kappa shape index (κ1) is 11.4. The Balaban J connectivity index is 1.73. The van der Waals surface area contributed by atoms with Gasteiger partial charge in [0.15, 0.2) is 0 Å². The molecule has 1 saturated carbocycles. The Kier molecular flexibility index (Phi) is 3.10. The molecule has 1 fully saturated rings. The first-order chi connectivity index (χ1) is 8.84. The smallest absolute Gasteiger partial charge is 0.214 e. The van der Waals surface area contributed by atoms with E-state index in [1.807, 2.05) is 30.3 Å². The van der Waals surface area contributed by atoms with Gasteiger partial charge in [0, 0.05) is 5.92 Å². The summed E-state index contributed by atoms with van der Waals surface area (Å²) in [5.41, 5.74) is 0.906. The summed E-state index contributed by atoms with van der Waals surface area (Å²) < 4.78 is 1.66. The van der Waals surface area contributed by atoms with E-state index in [1.165, 1.54) is 11.8 Å². The number of thioether (sulfide) groups is 1. The molecule has 18 heavy (non-hydrogen) atoms. The van der Waals surface area contributed by atoms with Crippen LogP contribution < -0.4 is 0 Å². The molecule has 0 spiro atoms. The number of nitrogens with zero attached hydrogens (tertiary/aromatic N) is 4. The van der Waals surface area contributed by atoms with E-state index in [1.54, 1.807) is 4.68 Å². The SMILES string of the molecule is O=C(CSc1nnnn1-c1ccccc1)C1CC1. The van der Waals surface area contributed by atoms with E-state index in [-0.39, 0.29) is 0 Å². The number of Topliss-reactive ketones (excluding diaryl/α,β-unsaturated/α-hetero) is 1. The number of ketones is 1. The van der Waals surface area contributed by atoms with Crippen molar-refractivity contribution in [1.82, 2.24) is 20.2 Å². The zero-order chi connectivity index (χ0) is 12.4. The van der Waals surface area contributed by atoms with Crippen LogP contribution in [0.5, 0.6) is 0 Å². The summed E-state index contributed by atoms with van der Waals surface area (Å²) in [4.78, 5) is 11.6. The molecule has 1 aliphatic carbocycles. The van der Waals surface area contributed by atoms with Crippen LogP contribution in [-0.4, -0.2) is 31.7 Å². The number of benzene rings is 1. The van der Waals surface area contributed by atoms with Gasteiger partial charge in [0.25, 0.3) is 0 Å². The van der Waals surface area contributed by atoms with Gasteiger partial charge in [-0.3, -0.25) is 4.79 Å². The van der Waals surface area contributed by atoms with Gasteiger partial charge < -0.3 is 0 Å². The Morgan fingerprint density at radius 3 is 2.83 bits per heavy atom. The summed E-state index contributed by atoms with van der Waals surface area (Å²) >= 11 is 1.40. The van der Waals surface area contributed by atoms with Crippen LogP contribution in [0.25, 0.3) is 5.69 Å². The number of carbonyl (C=O) groups is 1. The zero-order valence-electron chi connectivity index (χ0n) is 9.69. The molecule has 5 nitrogen and oxygen atoms in total. The predicted octanol–water partition coefficient (Wildman–Crippen LogP) is 1.73. The first-order valence-electron chi connectivity index (χ1n) is 5.84. The number of tetrazole rings is 1. The third-order valence-corrected chi connectivity index (χ3v) is 3.76. The van der Waals surface area contributed by atoms with Crippen molar-refractivity contribution >= 4 is 17.5 Å². The second-order valence-corrected chi connectivity index (χ2v) is 5.18. The lowest BCUT2D eigenvalue weighted by Crippen LogP contribution is -2.05. The second-order valence-electron chi connectivity index (χ2n) is 4.24. The summed E-state index contributed by atoms with van der Waals surface area (Å²) in [7, 11) is 0. The molecule has 0 N–H and O–H groups in total. The largest absolute Gasteiger partial charge is 0.298 e. The average Bonchev–Trinajstić information content (AvgIpc) is 3.16. The van der Waals surface area contributed by atoms with E-state index in [9.17, 15) is 4.79 Å². The summed E-state index contributed by atoms with van der Waals surface area (Å²) in [6, 6.07) is 9.67. The molecular weight excluding hydrogens is 248 g/mol. The molecule has 92 valence electrons. The van der Waals surface area contributed by atoms with E-state index in [0.29, 0.717) is 22.6 Å². The number of hydrogen-bond donors (Lipinski definition) is 0. The standard InChI is InChI=1S/C12H12N4OS/c17-11(9-6-7-9)8-18-12-13-14-15-16(12)10-4-2-1-3-5-10/h1-5,9H,6-8H2. The minimum atomic E-state index is 0.290. The van der Waals surface area contributed by atoms with Gasteiger partial charge in [0.05, 0.1) is 11.4 Å². The molecule has 1 aromatic heterocycles. The van der Waals surface area contributed by atoms with Gasteiger partial charge in [-0.15, -0.1) is 5.10 Å². The van der Waals surface area contributed by atoms with Gasteiger partial charge >= 0.3 is 0 Å². The van der Waals surface area contributed by atoms with Gasteiger partial charge in [-0.05, 0) is 35.4 Å². The number of aromatic nitrogens is 4. The van der Waals surface area contributed by atoms with E-state index in [2.05, 4.69) is 15.5 Å². The first-order valence-corrected chi connectivity index (χ1v) is 6.82. The quantitative estimate of drug-likeness (QED) is 0.766. The topological polar surface area (TPSA) is 60.7 Å². The third-order valence-electron chi connectivity index (χ3n) is 2.82.